The molecule has 0 fully saturated rings. The third kappa shape index (κ3) is 8.26. The van der Waals surface area contributed by atoms with Crippen LogP contribution in [0.4, 0.5) is 0 Å². The highest BCUT2D eigenvalue weighted by Crippen LogP contribution is 2.12. The van der Waals surface area contributed by atoms with Crippen molar-refractivity contribution in [1.29, 1.82) is 0 Å². The number of hydrogen-bond donors (Lipinski definition) is 0. The number of methoxy groups -OCH3 is 1. The summed E-state index contributed by atoms with van der Waals surface area (Å²) in [4.78, 5) is 0. The normalized spacial score (nSPS) is 12.5. The minimum Gasteiger partial charge on any atom is -0.381 e. The van der Waals surface area contributed by atoms with Gasteiger partial charge >= 0.3 is 0 Å². The van der Waals surface area contributed by atoms with Gasteiger partial charge in [-0.1, -0.05) is 13.8 Å². The van der Waals surface area contributed by atoms with Crippen LogP contribution in [0.15, 0.2) is 0 Å². The van der Waals surface area contributed by atoms with Crippen LogP contribution in [0.3, 0.4) is 0 Å². The summed E-state index contributed by atoms with van der Waals surface area (Å²) < 4.78 is 10.8. The predicted molar refractivity (Wildman–Crippen MR) is 56.0 cm³/mol. The van der Waals surface area contributed by atoms with E-state index in [2.05, 4.69) is 27.7 Å². The van der Waals surface area contributed by atoms with Gasteiger partial charge in [-0.25, -0.2) is 0 Å². The van der Waals surface area contributed by atoms with Gasteiger partial charge in [-0.15, -0.1) is 0 Å². The topological polar surface area (TPSA) is 18.5 Å². The van der Waals surface area contributed by atoms with E-state index in [0.29, 0.717) is 0 Å². The molecule has 13 heavy (non-hydrogen) atoms. The molecular weight excluding hydrogens is 164 g/mol. The van der Waals surface area contributed by atoms with Gasteiger partial charge in [-0.2, -0.15) is 0 Å². The van der Waals surface area contributed by atoms with Crippen molar-refractivity contribution < 1.29 is 9.47 Å². The van der Waals surface area contributed by atoms with E-state index >= 15 is 0 Å². The van der Waals surface area contributed by atoms with Crippen LogP contribution in [0.5, 0.6) is 0 Å². The second-order valence-electron chi connectivity index (χ2n) is 4.51. The van der Waals surface area contributed by atoms with Crippen LogP contribution >= 0.6 is 0 Å². The summed E-state index contributed by atoms with van der Waals surface area (Å²) in [5.41, 5.74) is -0.0438. The molecule has 0 aliphatic rings. The lowest BCUT2D eigenvalue weighted by Crippen LogP contribution is -2.24. The first-order chi connectivity index (χ1) is 5.98. The summed E-state index contributed by atoms with van der Waals surface area (Å²) in [7, 11) is 1.74. The van der Waals surface area contributed by atoms with Crippen molar-refractivity contribution in [2.24, 2.45) is 5.92 Å². The second kappa shape index (κ2) is 6.39. The van der Waals surface area contributed by atoms with E-state index < -0.39 is 0 Å². The molecule has 0 bridgehead atoms. The average Bonchev–Trinajstić information content (AvgIpc) is 2.03. The molecule has 0 aromatic carbocycles. The van der Waals surface area contributed by atoms with E-state index in [-0.39, 0.29) is 5.60 Å². The van der Waals surface area contributed by atoms with E-state index in [0.717, 1.165) is 32.0 Å². The van der Waals surface area contributed by atoms with Crippen molar-refractivity contribution in [3.05, 3.63) is 0 Å². The molecule has 80 valence electrons. The van der Waals surface area contributed by atoms with Gasteiger partial charge in [-0.05, 0) is 32.6 Å². The van der Waals surface area contributed by atoms with Crippen molar-refractivity contribution in [1.82, 2.24) is 0 Å². The summed E-state index contributed by atoms with van der Waals surface area (Å²) in [5.74, 6) is 0.732. The molecule has 0 atom stereocenters. The van der Waals surface area contributed by atoms with Crippen molar-refractivity contribution >= 4 is 0 Å². The fourth-order valence-corrected chi connectivity index (χ4v) is 0.841. The zero-order valence-corrected chi connectivity index (χ0v) is 9.72. The third-order valence-electron chi connectivity index (χ3n) is 2.24. The molecule has 0 unspecified atom stereocenters. The fraction of sp³-hybridized carbons (Fsp3) is 1.00. The molecule has 0 rings (SSSR count). The summed E-state index contributed by atoms with van der Waals surface area (Å²) in [6.07, 6.45) is 2.11. The average molecular weight is 188 g/mol. The Morgan fingerprint density at radius 3 is 2.23 bits per heavy atom. The van der Waals surface area contributed by atoms with Crippen LogP contribution in [0, 0.1) is 5.92 Å². The zero-order valence-electron chi connectivity index (χ0n) is 9.72. The molecular formula is C11H24O2. The molecule has 0 saturated carbocycles. The van der Waals surface area contributed by atoms with E-state index in [1.54, 1.807) is 7.11 Å². The van der Waals surface area contributed by atoms with Crippen LogP contribution < -0.4 is 0 Å². The molecule has 0 amide bonds. The molecule has 0 aliphatic heterocycles. The molecule has 0 aromatic heterocycles. The smallest absolute Gasteiger partial charge is 0.0644 e. The van der Waals surface area contributed by atoms with Crippen molar-refractivity contribution in [2.75, 3.05) is 20.3 Å². The summed E-state index contributed by atoms with van der Waals surface area (Å²) in [5, 5.41) is 0. The van der Waals surface area contributed by atoms with Gasteiger partial charge in [0, 0.05) is 20.3 Å². The van der Waals surface area contributed by atoms with Gasteiger partial charge in [-0.3, -0.25) is 0 Å². The standard InChI is InChI=1S/C11H24O2/c1-10(2)6-8-13-9-7-11(3,4)12-5/h10H,6-9H2,1-5H3. The molecule has 0 radical (unpaired) electrons. The van der Waals surface area contributed by atoms with E-state index in [4.69, 9.17) is 9.47 Å². The lowest BCUT2D eigenvalue weighted by molar-refractivity contribution is -0.0108. The van der Waals surface area contributed by atoms with Crippen LogP contribution in [-0.4, -0.2) is 25.9 Å². The molecule has 2 heteroatoms. The predicted octanol–water partition coefficient (Wildman–Crippen LogP) is 2.86. The Morgan fingerprint density at radius 1 is 1.15 bits per heavy atom. The summed E-state index contributed by atoms with van der Waals surface area (Å²) >= 11 is 0. The van der Waals surface area contributed by atoms with Gasteiger partial charge < -0.3 is 9.47 Å². The molecule has 0 aliphatic carbocycles. The minimum absolute atomic E-state index is 0.0438. The largest absolute Gasteiger partial charge is 0.381 e. The molecule has 0 N–H and O–H groups in total. The first-order valence-corrected chi connectivity index (χ1v) is 5.11. The van der Waals surface area contributed by atoms with Crippen molar-refractivity contribution in [3.8, 4) is 0 Å². The Kier molecular flexibility index (Phi) is 6.35. The summed E-state index contributed by atoms with van der Waals surface area (Å²) in [6.45, 7) is 10.3. The Bertz CT molecular complexity index is 119. The number of hydrogen-bond acceptors (Lipinski definition) is 2. The van der Waals surface area contributed by atoms with Gasteiger partial charge in [0.25, 0.3) is 0 Å². The molecule has 0 heterocycles. The molecule has 0 aromatic rings. The first kappa shape index (κ1) is 12.9. The maximum Gasteiger partial charge on any atom is 0.0644 e. The van der Waals surface area contributed by atoms with Crippen LogP contribution in [0.1, 0.15) is 40.5 Å². The van der Waals surface area contributed by atoms with Gasteiger partial charge in [0.15, 0.2) is 0 Å². The van der Waals surface area contributed by atoms with Gasteiger partial charge in [0.2, 0.25) is 0 Å². The van der Waals surface area contributed by atoms with Gasteiger partial charge in [0.1, 0.15) is 0 Å². The van der Waals surface area contributed by atoms with Crippen LogP contribution in [0.2, 0.25) is 0 Å². The highest BCUT2D eigenvalue weighted by molar-refractivity contribution is 4.66. The molecule has 0 spiro atoms. The highest BCUT2D eigenvalue weighted by atomic mass is 16.5. The fourth-order valence-electron chi connectivity index (χ4n) is 0.841. The second-order valence-corrected chi connectivity index (χ2v) is 4.51. The lowest BCUT2D eigenvalue weighted by atomic mass is 10.1. The number of ether oxygens (including phenoxy) is 2. The van der Waals surface area contributed by atoms with E-state index in [1.807, 2.05) is 0 Å². The first-order valence-electron chi connectivity index (χ1n) is 5.11. The number of rotatable bonds is 7. The third-order valence-corrected chi connectivity index (χ3v) is 2.24. The highest BCUT2D eigenvalue weighted by Gasteiger charge is 2.15. The maximum atomic E-state index is 5.50. The Morgan fingerprint density at radius 2 is 1.77 bits per heavy atom. The monoisotopic (exact) mass is 188 g/mol. The van der Waals surface area contributed by atoms with Gasteiger partial charge in [0.05, 0.1) is 5.60 Å². The Labute approximate surface area is 82.6 Å². The SMILES string of the molecule is COC(C)(C)CCOCCC(C)C. The van der Waals surface area contributed by atoms with Crippen molar-refractivity contribution in [2.45, 2.75) is 46.1 Å². The van der Waals surface area contributed by atoms with E-state index in [1.165, 1.54) is 0 Å². The minimum atomic E-state index is -0.0438. The zero-order chi connectivity index (χ0) is 10.3. The lowest BCUT2D eigenvalue weighted by Gasteiger charge is -2.22. The molecule has 0 saturated heterocycles. The maximum absolute atomic E-state index is 5.50. The van der Waals surface area contributed by atoms with Crippen LogP contribution in [0.25, 0.3) is 0 Å². The van der Waals surface area contributed by atoms with Crippen molar-refractivity contribution in [3.63, 3.8) is 0 Å². The summed E-state index contributed by atoms with van der Waals surface area (Å²) in [6, 6.07) is 0. The van der Waals surface area contributed by atoms with Crippen LogP contribution in [-0.2, 0) is 9.47 Å². The Balaban J connectivity index is 3.26. The quantitative estimate of drug-likeness (QED) is 0.572. The Hall–Kier alpha value is -0.0800. The van der Waals surface area contributed by atoms with E-state index in [9.17, 15) is 0 Å². The molecule has 2 nitrogen and oxygen atoms in total.